The Bertz CT molecular complexity index is 452. The van der Waals surface area contributed by atoms with E-state index in [0.717, 1.165) is 0 Å². The summed E-state index contributed by atoms with van der Waals surface area (Å²) in [7, 11) is 1.57. The summed E-state index contributed by atoms with van der Waals surface area (Å²) in [5.74, 6) is 0.620. The monoisotopic (exact) mass is 300 g/mol. The molecule has 3 N–H and O–H groups in total. The molecule has 112 valence electrons. The summed E-state index contributed by atoms with van der Waals surface area (Å²) < 4.78 is 5.15. The zero-order chi connectivity index (χ0) is 15.1. The van der Waals surface area contributed by atoms with Gasteiger partial charge in [0.2, 0.25) is 5.91 Å². The second-order valence-electron chi connectivity index (χ2n) is 4.74. The second-order valence-corrected chi connectivity index (χ2v) is 5.05. The summed E-state index contributed by atoms with van der Waals surface area (Å²) in [4.78, 5) is 11.8. The van der Waals surface area contributed by atoms with Crippen LogP contribution >= 0.6 is 11.6 Å². The van der Waals surface area contributed by atoms with E-state index in [2.05, 4.69) is 10.6 Å². The molecule has 1 aromatic rings. The van der Waals surface area contributed by atoms with E-state index in [1.165, 1.54) is 0 Å². The van der Waals surface area contributed by atoms with Gasteiger partial charge in [0, 0.05) is 18.5 Å². The number of aliphatic hydroxyl groups is 1. The number of alkyl halides is 1. The number of amides is 1. The molecule has 0 aliphatic carbocycles. The molecule has 0 radical (unpaired) electrons. The molecule has 6 heteroatoms. The summed E-state index contributed by atoms with van der Waals surface area (Å²) in [6.07, 6.45) is -0.656. The van der Waals surface area contributed by atoms with E-state index < -0.39 is 6.10 Å². The average Bonchev–Trinajstić information content (AvgIpc) is 2.45. The Labute approximate surface area is 124 Å². The minimum absolute atomic E-state index is 0.0730. The Balaban J connectivity index is 2.88. The third-order valence-corrected chi connectivity index (χ3v) is 3.07. The molecule has 0 aliphatic heterocycles. The Kier molecular flexibility index (Phi) is 6.61. The van der Waals surface area contributed by atoms with Gasteiger partial charge in [-0.2, -0.15) is 0 Å². The lowest BCUT2D eigenvalue weighted by molar-refractivity contribution is -0.118. The molecule has 0 heterocycles. The van der Waals surface area contributed by atoms with Gasteiger partial charge in [-0.15, -0.1) is 11.6 Å². The third kappa shape index (κ3) is 4.90. The van der Waals surface area contributed by atoms with E-state index in [1.807, 2.05) is 13.8 Å². The molecule has 5 nitrogen and oxygen atoms in total. The van der Waals surface area contributed by atoms with Crippen molar-refractivity contribution < 1.29 is 14.6 Å². The predicted octanol–water partition coefficient (Wildman–Crippen LogP) is 2.30. The summed E-state index contributed by atoms with van der Waals surface area (Å²) in [5.41, 5.74) is 1.33. The number of nitrogens with one attached hydrogen (secondary N) is 2. The van der Waals surface area contributed by atoms with Gasteiger partial charge in [-0.05, 0) is 12.1 Å². The van der Waals surface area contributed by atoms with Crippen LogP contribution in [0.15, 0.2) is 18.2 Å². The first-order chi connectivity index (χ1) is 9.47. The lowest BCUT2D eigenvalue weighted by Gasteiger charge is -2.16. The van der Waals surface area contributed by atoms with Crippen molar-refractivity contribution in [3.63, 3.8) is 0 Å². The maximum Gasteiger partial charge on any atom is 0.226 e. The minimum Gasteiger partial charge on any atom is -0.497 e. The van der Waals surface area contributed by atoms with Crippen molar-refractivity contribution >= 4 is 28.9 Å². The van der Waals surface area contributed by atoms with Crippen LogP contribution in [0.25, 0.3) is 0 Å². The Morgan fingerprint density at radius 3 is 2.65 bits per heavy atom. The van der Waals surface area contributed by atoms with Crippen molar-refractivity contribution in [2.24, 2.45) is 5.92 Å². The highest BCUT2D eigenvalue weighted by Gasteiger charge is 2.12. The number of ether oxygens (including phenoxy) is 1. The van der Waals surface area contributed by atoms with Gasteiger partial charge in [0.05, 0.1) is 30.5 Å². The maximum absolute atomic E-state index is 11.8. The molecule has 0 saturated carbocycles. The van der Waals surface area contributed by atoms with Gasteiger partial charge >= 0.3 is 0 Å². The smallest absolute Gasteiger partial charge is 0.226 e. The SMILES string of the molecule is COc1ccc(NC(=O)C(C)C)c(NCC(O)CCl)c1. The Hall–Kier alpha value is -1.46. The van der Waals surface area contributed by atoms with Crippen LogP contribution in [0.5, 0.6) is 5.75 Å². The fraction of sp³-hybridized carbons (Fsp3) is 0.500. The predicted molar refractivity (Wildman–Crippen MR) is 81.7 cm³/mol. The first-order valence-corrected chi connectivity index (χ1v) is 6.98. The molecular weight excluding hydrogens is 280 g/mol. The fourth-order valence-corrected chi connectivity index (χ4v) is 1.57. The van der Waals surface area contributed by atoms with Crippen LogP contribution in [0, 0.1) is 5.92 Å². The van der Waals surface area contributed by atoms with Crippen molar-refractivity contribution in [2.45, 2.75) is 20.0 Å². The molecule has 0 saturated heterocycles. The fourth-order valence-electron chi connectivity index (χ4n) is 1.46. The molecule has 1 unspecified atom stereocenters. The lowest BCUT2D eigenvalue weighted by atomic mass is 10.2. The van der Waals surface area contributed by atoms with Crippen LogP contribution in [-0.2, 0) is 4.79 Å². The molecule has 0 aromatic heterocycles. The topological polar surface area (TPSA) is 70.6 Å². The molecule has 1 aromatic carbocycles. The lowest BCUT2D eigenvalue weighted by Crippen LogP contribution is -2.23. The summed E-state index contributed by atoms with van der Waals surface area (Å²) in [6.45, 7) is 3.94. The van der Waals surface area contributed by atoms with Crippen LogP contribution < -0.4 is 15.4 Å². The molecule has 1 atom stereocenters. The highest BCUT2D eigenvalue weighted by molar-refractivity contribution is 6.18. The number of halogens is 1. The average molecular weight is 301 g/mol. The van der Waals surface area contributed by atoms with Gasteiger partial charge < -0.3 is 20.5 Å². The van der Waals surface area contributed by atoms with Crippen molar-refractivity contribution in [1.29, 1.82) is 0 Å². The Morgan fingerprint density at radius 2 is 2.10 bits per heavy atom. The highest BCUT2D eigenvalue weighted by Crippen LogP contribution is 2.27. The molecule has 20 heavy (non-hydrogen) atoms. The molecule has 0 bridgehead atoms. The zero-order valence-electron chi connectivity index (χ0n) is 11.9. The van der Waals surface area contributed by atoms with Gasteiger partial charge in [-0.1, -0.05) is 13.8 Å². The van der Waals surface area contributed by atoms with E-state index in [1.54, 1.807) is 25.3 Å². The molecule has 0 fully saturated rings. The molecule has 1 rings (SSSR count). The number of anilines is 2. The van der Waals surface area contributed by atoms with Gasteiger partial charge in [0.1, 0.15) is 5.75 Å². The van der Waals surface area contributed by atoms with E-state index in [9.17, 15) is 9.90 Å². The number of methoxy groups -OCH3 is 1. The van der Waals surface area contributed by atoms with Crippen LogP contribution in [0.1, 0.15) is 13.8 Å². The summed E-state index contributed by atoms with van der Waals surface area (Å²) in [5, 5.41) is 15.4. The van der Waals surface area contributed by atoms with Crippen LogP contribution in [0.3, 0.4) is 0 Å². The molecular formula is C14H21ClN2O3. The number of aliphatic hydroxyl groups excluding tert-OH is 1. The maximum atomic E-state index is 11.8. The largest absolute Gasteiger partial charge is 0.497 e. The third-order valence-electron chi connectivity index (χ3n) is 2.72. The molecule has 0 aliphatic rings. The molecule has 0 spiro atoms. The number of carbonyl (C=O) groups is 1. The minimum atomic E-state index is -0.656. The normalized spacial score (nSPS) is 12.1. The standard InChI is InChI=1S/C14H21ClN2O3/c1-9(2)14(19)17-12-5-4-11(20-3)6-13(12)16-8-10(18)7-15/h4-6,9-10,16,18H,7-8H2,1-3H3,(H,17,19). The van der Waals surface area contributed by atoms with Crippen molar-refractivity contribution in [3.05, 3.63) is 18.2 Å². The van der Waals surface area contributed by atoms with E-state index in [-0.39, 0.29) is 17.7 Å². The summed E-state index contributed by atoms with van der Waals surface area (Å²) in [6, 6.07) is 5.28. The number of benzene rings is 1. The van der Waals surface area contributed by atoms with E-state index >= 15 is 0 Å². The highest BCUT2D eigenvalue weighted by atomic mass is 35.5. The quantitative estimate of drug-likeness (QED) is 0.676. The van der Waals surface area contributed by atoms with Crippen LogP contribution in [-0.4, -0.2) is 36.7 Å². The number of rotatable bonds is 7. The molecule has 1 amide bonds. The Morgan fingerprint density at radius 1 is 1.40 bits per heavy atom. The first-order valence-electron chi connectivity index (χ1n) is 6.44. The van der Waals surface area contributed by atoms with Gasteiger partial charge in [0.15, 0.2) is 0 Å². The van der Waals surface area contributed by atoms with Crippen molar-refractivity contribution in [1.82, 2.24) is 0 Å². The van der Waals surface area contributed by atoms with Gasteiger partial charge in [-0.3, -0.25) is 4.79 Å². The second kappa shape index (κ2) is 7.97. The first kappa shape index (κ1) is 16.6. The number of hydrogen-bond acceptors (Lipinski definition) is 4. The van der Waals surface area contributed by atoms with Crippen LogP contribution in [0.4, 0.5) is 11.4 Å². The van der Waals surface area contributed by atoms with Crippen LogP contribution in [0.2, 0.25) is 0 Å². The van der Waals surface area contributed by atoms with E-state index in [4.69, 9.17) is 16.3 Å². The number of hydrogen-bond donors (Lipinski definition) is 3. The van der Waals surface area contributed by atoms with Gasteiger partial charge in [-0.25, -0.2) is 0 Å². The summed E-state index contributed by atoms with van der Waals surface area (Å²) >= 11 is 5.56. The zero-order valence-corrected chi connectivity index (χ0v) is 12.7. The van der Waals surface area contributed by atoms with Crippen molar-refractivity contribution in [2.75, 3.05) is 30.2 Å². The van der Waals surface area contributed by atoms with Gasteiger partial charge in [0.25, 0.3) is 0 Å². The van der Waals surface area contributed by atoms with E-state index in [0.29, 0.717) is 23.7 Å². The van der Waals surface area contributed by atoms with Crippen molar-refractivity contribution in [3.8, 4) is 5.75 Å². The number of carbonyl (C=O) groups excluding carboxylic acids is 1.